The summed E-state index contributed by atoms with van der Waals surface area (Å²) in [4.78, 5) is 2.41. The smallest absolute Gasteiger partial charge is 0.00737 e. The van der Waals surface area contributed by atoms with Crippen molar-refractivity contribution in [3.63, 3.8) is 0 Å². The van der Waals surface area contributed by atoms with Crippen LogP contribution in [0.1, 0.15) is 18.9 Å². The molecule has 1 atom stereocenters. The molecule has 66 valence electrons. The average Bonchev–Trinajstić information content (AvgIpc) is 2.59. The molecular weight excluding hydrogens is 166 g/mol. The van der Waals surface area contributed by atoms with Gasteiger partial charge in [-0.3, -0.25) is 0 Å². The van der Waals surface area contributed by atoms with Crippen molar-refractivity contribution in [3.05, 3.63) is 22.4 Å². The highest BCUT2D eigenvalue weighted by Crippen LogP contribution is 2.34. The molecule has 2 rings (SSSR count). The van der Waals surface area contributed by atoms with Crippen molar-refractivity contribution >= 4 is 11.3 Å². The Hall–Kier alpha value is -0.340. The third kappa shape index (κ3) is 1.29. The van der Waals surface area contributed by atoms with Crippen LogP contribution in [0.2, 0.25) is 0 Å². The van der Waals surface area contributed by atoms with E-state index in [1.54, 1.807) is 0 Å². The summed E-state index contributed by atoms with van der Waals surface area (Å²) in [5.74, 6) is 0. The van der Waals surface area contributed by atoms with E-state index in [1.807, 2.05) is 11.3 Å². The molecule has 1 aliphatic heterocycles. The minimum atomic E-state index is 0.425. The predicted molar refractivity (Wildman–Crippen MR) is 53.8 cm³/mol. The summed E-state index contributed by atoms with van der Waals surface area (Å²) >= 11 is 1.81. The van der Waals surface area contributed by atoms with Crippen LogP contribution in [-0.2, 0) is 5.41 Å². The third-order valence-electron chi connectivity index (χ3n) is 2.88. The van der Waals surface area contributed by atoms with Crippen LogP contribution in [0.4, 0.5) is 0 Å². The lowest BCUT2D eigenvalue weighted by molar-refractivity contribution is 0.382. The first-order valence-electron chi connectivity index (χ1n) is 4.42. The fourth-order valence-electron chi connectivity index (χ4n) is 2.04. The number of rotatable bonds is 1. The molecule has 0 N–H and O–H groups in total. The van der Waals surface area contributed by atoms with Gasteiger partial charge in [0.05, 0.1) is 0 Å². The Balaban J connectivity index is 2.23. The van der Waals surface area contributed by atoms with Crippen LogP contribution in [0.25, 0.3) is 0 Å². The molecule has 0 spiro atoms. The number of nitrogens with zero attached hydrogens (tertiary/aromatic N) is 1. The molecule has 12 heavy (non-hydrogen) atoms. The maximum Gasteiger partial charge on any atom is 0.00737 e. The molecule has 2 heteroatoms. The molecule has 1 fully saturated rings. The molecule has 0 saturated carbocycles. The summed E-state index contributed by atoms with van der Waals surface area (Å²) in [5, 5.41) is 4.47. The van der Waals surface area contributed by atoms with E-state index in [9.17, 15) is 0 Å². The van der Waals surface area contributed by atoms with Gasteiger partial charge in [0.15, 0.2) is 0 Å². The molecule has 1 aromatic rings. The first-order valence-corrected chi connectivity index (χ1v) is 5.36. The highest BCUT2D eigenvalue weighted by molar-refractivity contribution is 7.08. The van der Waals surface area contributed by atoms with Gasteiger partial charge in [-0.25, -0.2) is 0 Å². The molecule has 0 aliphatic carbocycles. The van der Waals surface area contributed by atoms with E-state index < -0.39 is 0 Å². The molecule has 1 saturated heterocycles. The van der Waals surface area contributed by atoms with Crippen LogP contribution >= 0.6 is 11.3 Å². The van der Waals surface area contributed by atoms with Crippen LogP contribution in [0.5, 0.6) is 0 Å². The lowest BCUT2D eigenvalue weighted by Crippen LogP contribution is -2.25. The Morgan fingerprint density at radius 2 is 2.42 bits per heavy atom. The second-order valence-corrected chi connectivity index (χ2v) is 4.84. The summed E-state index contributed by atoms with van der Waals surface area (Å²) in [6, 6.07) is 2.27. The van der Waals surface area contributed by atoms with Crippen molar-refractivity contribution in [2.24, 2.45) is 0 Å². The van der Waals surface area contributed by atoms with E-state index in [-0.39, 0.29) is 0 Å². The van der Waals surface area contributed by atoms with E-state index in [0.717, 1.165) is 0 Å². The number of likely N-dealkylation sites (tertiary alicyclic amines) is 1. The van der Waals surface area contributed by atoms with Crippen LogP contribution in [-0.4, -0.2) is 25.0 Å². The van der Waals surface area contributed by atoms with E-state index in [0.29, 0.717) is 5.41 Å². The van der Waals surface area contributed by atoms with Crippen LogP contribution in [0.3, 0.4) is 0 Å². The van der Waals surface area contributed by atoms with Crippen molar-refractivity contribution in [3.8, 4) is 0 Å². The SMILES string of the molecule is CN1CCC(C)(c2ccsc2)C1. The standard InChI is InChI=1S/C10H15NS/c1-10(4-5-11(2)8-10)9-3-6-12-7-9/h3,6-7H,4-5,8H2,1-2H3. The maximum atomic E-state index is 2.41. The molecule has 1 nitrogen and oxygen atoms in total. The summed E-state index contributed by atoms with van der Waals surface area (Å²) in [5.41, 5.74) is 1.95. The quantitative estimate of drug-likeness (QED) is 0.643. The number of thiophene rings is 1. The zero-order valence-corrected chi connectivity index (χ0v) is 8.53. The Morgan fingerprint density at radius 1 is 1.58 bits per heavy atom. The van der Waals surface area contributed by atoms with Crippen molar-refractivity contribution in [1.29, 1.82) is 0 Å². The fourth-order valence-corrected chi connectivity index (χ4v) is 2.85. The molecule has 0 aromatic carbocycles. The van der Waals surface area contributed by atoms with Crippen molar-refractivity contribution < 1.29 is 0 Å². The van der Waals surface area contributed by atoms with E-state index >= 15 is 0 Å². The third-order valence-corrected chi connectivity index (χ3v) is 3.57. The normalized spacial score (nSPS) is 31.2. The van der Waals surface area contributed by atoms with Gasteiger partial charge >= 0.3 is 0 Å². The monoisotopic (exact) mass is 181 g/mol. The maximum absolute atomic E-state index is 2.41. The first-order chi connectivity index (χ1) is 5.71. The Bertz CT molecular complexity index is 255. The summed E-state index contributed by atoms with van der Waals surface area (Å²) in [7, 11) is 2.21. The summed E-state index contributed by atoms with van der Waals surface area (Å²) in [6.45, 7) is 4.83. The Labute approximate surface area is 78.0 Å². The van der Waals surface area contributed by atoms with Gasteiger partial charge in [-0.05, 0) is 42.4 Å². The average molecular weight is 181 g/mol. The predicted octanol–water partition coefficient (Wildman–Crippen LogP) is 2.34. The van der Waals surface area contributed by atoms with Crippen LogP contribution < -0.4 is 0 Å². The number of hydrogen-bond acceptors (Lipinski definition) is 2. The van der Waals surface area contributed by atoms with E-state index in [4.69, 9.17) is 0 Å². The van der Waals surface area contributed by atoms with Gasteiger partial charge in [-0.2, -0.15) is 11.3 Å². The second kappa shape index (κ2) is 2.86. The lowest BCUT2D eigenvalue weighted by Gasteiger charge is -2.22. The second-order valence-electron chi connectivity index (χ2n) is 4.06. The summed E-state index contributed by atoms with van der Waals surface area (Å²) in [6.07, 6.45) is 1.31. The Morgan fingerprint density at radius 3 is 2.92 bits per heavy atom. The van der Waals surface area contributed by atoms with Gasteiger partial charge < -0.3 is 4.90 Å². The molecule has 1 aliphatic rings. The van der Waals surface area contributed by atoms with Gasteiger partial charge in [-0.15, -0.1) is 0 Å². The molecule has 1 aromatic heterocycles. The van der Waals surface area contributed by atoms with E-state index in [2.05, 4.69) is 35.7 Å². The minimum absolute atomic E-state index is 0.425. The van der Waals surface area contributed by atoms with Gasteiger partial charge in [0.25, 0.3) is 0 Å². The molecule has 0 radical (unpaired) electrons. The van der Waals surface area contributed by atoms with Gasteiger partial charge in [0, 0.05) is 12.0 Å². The highest BCUT2D eigenvalue weighted by Gasteiger charge is 2.33. The molecule has 0 amide bonds. The molecule has 0 bridgehead atoms. The van der Waals surface area contributed by atoms with Crippen LogP contribution in [0, 0.1) is 0 Å². The number of hydrogen-bond donors (Lipinski definition) is 0. The topological polar surface area (TPSA) is 3.24 Å². The summed E-state index contributed by atoms with van der Waals surface area (Å²) < 4.78 is 0. The molecule has 1 unspecified atom stereocenters. The number of likely N-dealkylation sites (N-methyl/N-ethyl adjacent to an activating group) is 1. The highest BCUT2D eigenvalue weighted by atomic mass is 32.1. The molecule has 2 heterocycles. The molecular formula is C10H15NS. The van der Waals surface area contributed by atoms with Crippen LogP contribution in [0.15, 0.2) is 16.8 Å². The first kappa shape index (κ1) is 8.27. The lowest BCUT2D eigenvalue weighted by atomic mass is 9.84. The van der Waals surface area contributed by atoms with Gasteiger partial charge in [0.1, 0.15) is 0 Å². The largest absolute Gasteiger partial charge is 0.305 e. The van der Waals surface area contributed by atoms with Crippen molar-refractivity contribution in [1.82, 2.24) is 4.90 Å². The Kier molecular flexibility index (Phi) is 1.97. The zero-order chi connectivity index (χ0) is 8.60. The fraction of sp³-hybridized carbons (Fsp3) is 0.600. The van der Waals surface area contributed by atoms with Crippen molar-refractivity contribution in [2.45, 2.75) is 18.8 Å². The zero-order valence-electron chi connectivity index (χ0n) is 7.71. The van der Waals surface area contributed by atoms with Gasteiger partial charge in [0.2, 0.25) is 0 Å². The van der Waals surface area contributed by atoms with Crippen molar-refractivity contribution in [2.75, 3.05) is 20.1 Å². The minimum Gasteiger partial charge on any atom is -0.305 e. The van der Waals surface area contributed by atoms with E-state index in [1.165, 1.54) is 25.1 Å². The van der Waals surface area contributed by atoms with Gasteiger partial charge in [-0.1, -0.05) is 6.92 Å².